The average molecular weight is 301 g/mol. The maximum absolute atomic E-state index is 11.2. The maximum atomic E-state index is 11.2. The Kier molecular flexibility index (Phi) is 2.81. The van der Waals surface area contributed by atoms with Gasteiger partial charge in [-0.3, -0.25) is 9.36 Å². The van der Waals surface area contributed by atoms with Crippen molar-refractivity contribution in [1.29, 1.82) is 0 Å². The van der Waals surface area contributed by atoms with Gasteiger partial charge in [-0.25, -0.2) is 4.98 Å². The number of nitrogens with one attached hydrogen (secondary N) is 1. The van der Waals surface area contributed by atoms with Crippen molar-refractivity contribution in [1.82, 2.24) is 14.5 Å². The summed E-state index contributed by atoms with van der Waals surface area (Å²) in [6.45, 7) is 1.69. The molecule has 1 amide bonds. The van der Waals surface area contributed by atoms with Gasteiger partial charge in [0.15, 0.2) is 10.4 Å². The van der Waals surface area contributed by atoms with Gasteiger partial charge in [-0.2, -0.15) is 0 Å². The standard InChI is InChI=1S/C9H9BrN4OS/c1-4(7(11)15)14-8-6(13-9(14)16)2-5(10)3-12-8/h2-4H,1H3,(H2,11,15)(H,13,16). The molecule has 5 nitrogen and oxygen atoms in total. The van der Waals surface area contributed by atoms with Crippen molar-refractivity contribution >= 4 is 45.2 Å². The quantitative estimate of drug-likeness (QED) is 0.832. The average Bonchev–Trinajstić information content (AvgIpc) is 2.51. The van der Waals surface area contributed by atoms with Gasteiger partial charge in [-0.05, 0) is 41.1 Å². The molecule has 0 spiro atoms. The van der Waals surface area contributed by atoms with Crippen molar-refractivity contribution in [2.45, 2.75) is 13.0 Å². The van der Waals surface area contributed by atoms with E-state index in [9.17, 15) is 4.79 Å². The highest BCUT2D eigenvalue weighted by Crippen LogP contribution is 2.20. The van der Waals surface area contributed by atoms with Crippen molar-refractivity contribution in [3.8, 4) is 0 Å². The molecule has 0 aliphatic rings. The third-order valence-electron chi connectivity index (χ3n) is 2.32. The van der Waals surface area contributed by atoms with E-state index in [2.05, 4.69) is 25.9 Å². The van der Waals surface area contributed by atoms with Gasteiger partial charge in [0.05, 0.1) is 5.52 Å². The third kappa shape index (κ3) is 1.76. The predicted molar refractivity (Wildman–Crippen MR) is 66.5 cm³/mol. The van der Waals surface area contributed by atoms with Crippen LogP contribution in [-0.4, -0.2) is 20.4 Å². The first-order valence-corrected chi connectivity index (χ1v) is 5.76. The lowest BCUT2D eigenvalue weighted by Gasteiger charge is -2.09. The van der Waals surface area contributed by atoms with Crippen LogP contribution in [0.2, 0.25) is 0 Å². The number of primary amides is 1. The molecule has 0 bridgehead atoms. The molecule has 0 saturated heterocycles. The highest BCUT2D eigenvalue weighted by molar-refractivity contribution is 9.10. The Morgan fingerprint density at radius 3 is 3.06 bits per heavy atom. The molecule has 0 radical (unpaired) electrons. The van der Waals surface area contributed by atoms with Crippen LogP contribution in [0.3, 0.4) is 0 Å². The number of nitrogens with two attached hydrogens (primary N) is 1. The number of aromatic nitrogens is 3. The topological polar surface area (TPSA) is 76.7 Å². The summed E-state index contributed by atoms with van der Waals surface area (Å²) in [6, 6.07) is 1.33. The van der Waals surface area contributed by atoms with Crippen molar-refractivity contribution in [3.63, 3.8) is 0 Å². The van der Waals surface area contributed by atoms with Crippen LogP contribution < -0.4 is 5.73 Å². The second kappa shape index (κ2) is 3.99. The first-order valence-electron chi connectivity index (χ1n) is 4.56. The summed E-state index contributed by atoms with van der Waals surface area (Å²) in [5.41, 5.74) is 6.66. The monoisotopic (exact) mass is 300 g/mol. The minimum absolute atomic E-state index is 0.437. The molecule has 2 heterocycles. The summed E-state index contributed by atoms with van der Waals surface area (Å²) in [4.78, 5) is 18.4. The van der Waals surface area contributed by atoms with Gasteiger partial charge in [0.2, 0.25) is 5.91 Å². The highest BCUT2D eigenvalue weighted by atomic mass is 79.9. The molecule has 7 heteroatoms. The first-order chi connectivity index (χ1) is 7.50. The zero-order chi connectivity index (χ0) is 11.9. The molecule has 1 unspecified atom stereocenters. The van der Waals surface area contributed by atoms with Gasteiger partial charge >= 0.3 is 0 Å². The Labute approximate surface area is 105 Å². The summed E-state index contributed by atoms with van der Waals surface area (Å²) in [5, 5.41) is 0. The van der Waals surface area contributed by atoms with Gasteiger partial charge < -0.3 is 10.7 Å². The molecule has 2 rings (SSSR count). The third-order valence-corrected chi connectivity index (χ3v) is 3.05. The number of fused-ring (bicyclic) bond motifs is 1. The van der Waals surface area contributed by atoms with Crippen LogP contribution in [-0.2, 0) is 4.79 Å². The van der Waals surface area contributed by atoms with Gasteiger partial charge in [0.25, 0.3) is 0 Å². The number of carbonyl (C=O) groups is 1. The number of hydrogen-bond donors (Lipinski definition) is 2. The number of carbonyl (C=O) groups excluding carboxylic acids is 1. The molecule has 0 fully saturated rings. The highest BCUT2D eigenvalue weighted by Gasteiger charge is 2.16. The molecule has 16 heavy (non-hydrogen) atoms. The van der Waals surface area contributed by atoms with E-state index in [1.807, 2.05) is 6.07 Å². The van der Waals surface area contributed by atoms with E-state index in [4.69, 9.17) is 18.0 Å². The normalized spacial score (nSPS) is 12.9. The van der Waals surface area contributed by atoms with E-state index in [0.717, 1.165) is 9.99 Å². The Morgan fingerprint density at radius 1 is 1.75 bits per heavy atom. The maximum Gasteiger partial charge on any atom is 0.240 e. The second-order valence-corrected chi connectivity index (χ2v) is 4.71. The number of rotatable bonds is 2. The van der Waals surface area contributed by atoms with Crippen LogP contribution in [0.15, 0.2) is 16.7 Å². The summed E-state index contributed by atoms with van der Waals surface area (Å²) in [5.74, 6) is -0.443. The van der Waals surface area contributed by atoms with Gasteiger partial charge in [0, 0.05) is 10.7 Å². The predicted octanol–water partition coefficient (Wildman–Crippen LogP) is 1.90. The van der Waals surface area contributed by atoms with Crippen LogP contribution in [0.5, 0.6) is 0 Å². The van der Waals surface area contributed by atoms with Crippen molar-refractivity contribution < 1.29 is 4.79 Å². The van der Waals surface area contributed by atoms with Gasteiger partial charge in [-0.15, -0.1) is 0 Å². The summed E-state index contributed by atoms with van der Waals surface area (Å²) in [7, 11) is 0. The minimum atomic E-state index is -0.519. The van der Waals surface area contributed by atoms with Crippen molar-refractivity contribution in [2.75, 3.05) is 0 Å². The molecule has 0 saturated carbocycles. The minimum Gasteiger partial charge on any atom is -0.368 e. The number of amides is 1. The molecule has 1 atom stereocenters. The van der Waals surface area contributed by atoms with Gasteiger partial charge in [-0.1, -0.05) is 0 Å². The first kappa shape index (κ1) is 11.3. The number of H-pyrrole nitrogens is 1. The molecular weight excluding hydrogens is 292 g/mol. The van der Waals surface area contributed by atoms with E-state index in [1.54, 1.807) is 17.7 Å². The van der Waals surface area contributed by atoms with E-state index >= 15 is 0 Å². The Hall–Kier alpha value is -1.21. The van der Waals surface area contributed by atoms with Gasteiger partial charge in [0.1, 0.15) is 6.04 Å². The second-order valence-electron chi connectivity index (χ2n) is 3.40. The SMILES string of the molecule is CC(C(N)=O)n1c(=S)[nH]c2cc(Br)cnc21. The molecular formula is C9H9BrN4OS. The number of nitrogens with zero attached hydrogens (tertiary/aromatic N) is 2. The van der Waals surface area contributed by atoms with Crippen molar-refractivity contribution in [2.24, 2.45) is 5.73 Å². The van der Waals surface area contributed by atoms with Crippen LogP contribution >= 0.6 is 28.1 Å². The van der Waals surface area contributed by atoms with Crippen LogP contribution in [0.1, 0.15) is 13.0 Å². The lowest BCUT2D eigenvalue weighted by molar-refractivity contribution is -0.120. The Bertz CT molecular complexity index is 617. The number of halogens is 1. The van der Waals surface area contributed by atoms with Crippen LogP contribution in [0.4, 0.5) is 0 Å². The Morgan fingerprint density at radius 2 is 2.44 bits per heavy atom. The van der Waals surface area contributed by atoms with E-state index in [1.165, 1.54) is 0 Å². The van der Waals surface area contributed by atoms with E-state index in [-0.39, 0.29) is 0 Å². The molecule has 3 N–H and O–H groups in total. The zero-order valence-electron chi connectivity index (χ0n) is 8.40. The van der Waals surface area contributed by atoms with E-state index < -0.39 is 11.9 Å². The van der Waals surface area contributed by atoms with Crippen LogP contribution in [0, 0.1) is 4.77 Å². The fourth-order valence-electron chi connectivity index (χ4n) is 1.47. The lowest BCUT2D eigenvalue weighted by Crippen LogP contribution is -2.24. The summed E-state index contributed by atoms with van der Waals surface area (Å²) in [6.07, 6.45) is 1.65. The molecule has 0 aliphatic heterocycles. The molecule has 0 aromatic carbocycles. The number of aromatic amines is 1. The molecule has 2 aromatic rings. The summed E-state index contributed by atoms with van der Waals surface area (Å²) >= 11 is 8.45. The zero-order valence-corrected chi connectivity index (χ0v) is 10.8. The fraction of sp³-hybridized carbons (Fsp3) is 0.222. The van der Waals surface area contributed by atoms with Crippen LogP contribution in [0.25, 0.3) is 11.2 Å². The number of imidazole rings is 1. The largest absolute Gasteiger partial charge is 0.368 e. The smallest absolute Gasteiger partial charge is 0.240 e. The molecule has 2 aromatic heterocycles. The summed E-state index contributed by atoms with van der Waals surface area (Å²) < 4.78 is 2.89. The molecule has 0 aliphatic carbocycles. The molecule has 84 valence electrons. The van der Waals surface area contributed by atoms with Crippen molar-refractivity contribution in [3.05, 3.63) is 21.5 Å². The lowest BCUT2D eigenvalue weighted by atomic mass is 10.3. The Balaban J connectivity index is 2.74. The number of pyridine rings is 1. The fourth-order valence-corrected chi connectivity index (χ4v) is 2.16. The number of hydrogen-bond acceptors (Lipinski definition) is 3. The van der Waals surface area contributed by atoms with E-state index in [0.29, 0.717) is 10.4 Å².